The van der Waals surface area contributed by atoms with E-state index in [9.17, 15) is 4.79 Å². The van der Waals surface area contributed by atoms with Crippen LogP contribution in [0.4, 0.5) is 22.4 Å². The van der Waals surface area contributed by atoms with Crippen molar-refractivity contribution in [1.29, 1.82) is 0 Å². The van der Waals surface area contributed by atoms with E-state index in [0.29, 0.717) is 75.8 Å². The molecule has 1 fully saturated rings. The van der Waals surface area contributed by atoms with Crippen LogP contribution in [-0.2, 0) is 11.3 Å². The number of carbonyl (C=O) groups excluding carboxylic acids is 1. The molecule has 1 aromatic heterocycles. The number of hydrogen-bond acceptors (Lipinski definition) is 10. The summed E-state index contributed by atoms with van der Waals surface area (Å²) in [6, 6.07) is 5.54. The largest absolute Gasteiger partial charge is 0.486 e. The van der Waals surface area contributed by atoms with Crippen molar-refractivity contribution in [1.82, 2.24) is 24.8 Å². The van der Waals surface area contributed by atoms with Crippen LogP contribution in [0.5, 0.6) is 11.5 Å². The third kappa shape index (κ3) is 4.79. The van der Waals surface area contributed by atoms with E-state index >= 15 is 0 Å². The Morgan fingerprint density at radius 1 is 1.13 bits per heavy atom. The van der Waals surface area contributed by atoms with Crippen LogP contribution in [0.1, 0.15) is 12.7 Å². The van der Waals surface area contributed by atoms with E-state index in [0.717, 1.165) is 5.69 Å². The average Bonchev–Trinajstić information content (AvgIpc) is 2.74. The highest BCUT2D eigenvalue weighted by molar-refractivity contribution is 5.67. The van der Waals surface area contributed by atoms with Crippen molar-refractivity contribution in [3.63, 3.8) is 0 Å². The van der Waals surface area contributed by atoms with Gasteiger partial charge in [0.25, 0.3) is 0 Å². The number of rotatable bonds is 5. The molecule has 1 aromatic carbocycles. The van der Waals surface area contributed by atoms with E-state index in [1.165, 1.54) is 0 Å². The van der Waals surface area contributed by atoms with Crippen molar-refractivity contribution in [2.24, 2.45) is 0 Å². The lowest BCUT2D eigenvalue weighted by molar-refractivity contribution is 0.0772. The molecular formula is C19H25N7O4. The van der Waals surface area contributed by atoms with E-state index in [4.69, 9.17) is 19.9 Å². The quantitative estimate of drug-likeness (QED) is 0.736. The summed E-state index contributed by atoms with van der Waals surface area (Å²) in [5.74, 6) is 2.45. The molecule has 3 N–H and O–H groups in total. The van der Waals surface area contributed by atoms with Gasteiger partial charge in [-0.1, -0.05) is 0 Å². The molecule has 0 atom stereocenters. The molecule has 0 bridgehead atoms. The van der Waals surface area contributed by atoms with Crippen LogP contribution < -0.4 is 20.5 Å². The van der Waals surface area contributed by atoms with Gasteiger partial charge in [0.2, 0.25) is 11.9 Å². The normalized spacial score (nSPS) is 16.2. The van der Waals surface area contributed by atoms with Crippen LogP contribution in [0, 0.1) is 0 Å². The second-order valence-corrected chi connectivity index (χ2v) is 6.88. The van der Waals surface area contributed by atoms with Gasteiger partial charge in [0.05, 0.1) is 13.2 Å². The Hall–Kier alpha value is -3.34. The number of anilines is 3. The summed E-state index contributed by atoms with van der Waals surface area (Å²) < 4.78 is 16.2. The van der Waals surface area contributed by atoms with Crippen LogP contribution in [0.25, 0.3) is 0 Å². The number of aromatic nitrogens is 3. The Bertz CT molecular complexity index is 902. The number of hydrogen-bond donors (Lipinski definition) is 2. The number of amides is 1. The molecule has 3 heterocycles. The minimum Gasteiger partial charge on any atom is -0.486 e. The second kappa shape index (κ2) is 8.99. The number of benzene rings is 1. The molecule has 0 spiro atoms. The zero-order valence-corrected chi connectivity index (χ0v) is 16.8. The van der Waals surface area contributed by atoms with Gasteiger partial charge in [0, 0.05) is 37.9 Å². The number of nitrogen functional groups attached to an aromatic ring is 1. The molecule has 2 aliphatic heterocycles. The first kappa shape index (κ1) is 20.0. The molecule has 30 heavy (non-hydrogen) atoms. The highest BCUT2D eigenvalue weighted by atomic mass is 16.6. The molecular weight excluding hydrogens is 390 g/mol. The molecule has 0 radical (unpaired) electrons. The fourth-order valence-corrected chi connectivity index (χ4v) is 3.32. The first-order chi connectivity index (χ1) is 14.6. The van der Waals surface area contributed by atoms with Crippen LogP contribution >= 0.6 is 0 Å². The summed E-state index contributed by atoms with van der Waals surface area (Å²) >= 11 is 0. The van der Waals surface area contributed by atoms with E-state index in [1.54, 1.807) is 11.8 Å². The maximum atomic E-state index is 11.8. The number of nitrogens with zero attached hydrogens (tertiary/aromatic N) is 5. The maximum Gasteiger partial charge on any atom is 0.409 e. The Balaban J connectivity index is 1.38. The van der Waals surface area contributed by atoms with E-state index < -0.39 is 0 Å². The van der Waals surface area contributed by atoms with Crippen molar-refractivity contribution >= 4 is 23.7 Å². The predicted molar refractivity (Wildman–Crippen MR) is 109 cm³/mol. The van der Waals surface area contributed by atoms with Crippen molar-refractivity contribution in [2.45, 2.75) is 13.5 Å². The van der Waals surface area contributed by atoms with E-state index in [-0.39, 0.29) is 12.0 Å². The van der Waals surface area contributed by atoms with Crippen molar-refractivity contribution < 1.29 is 19.0 Å². The monoisotopic (exact) mass is 415 g/mol. The highest BCUT2D eigenvalue weighted by Crippen LogP contribution is 2.33. The Morgan fingerprint density at radius 3 is 2.67 bits per heavy atom. The molecule has 1 amide bonds. The number of fused-ring (bicyclic) bond motifs is 1. The van der Waals surface area contributed by atoms with Crippen LogP contribution in [0.3, 0.4) is 0 Å². The molecule has 2 aromatic rings. The third-order valence-corrected chi connectivity index (χ3v) is 4.76. The molecule has 0 saturated carbocycles. The fourth-order valence-electron chi connectivity index (χ4n) is 3.32. The molecule has 0 aliphatic carbocycles. The molecule has 2 aliphatic rings. The minimum atomic E-state index is -0.271. The smallest absolute Gasteiger partial charge is 0.409 e. The van der Waals surface area contributed by atoms with E-state index in [1.807, 2.05) is 18.2 Å². The number of ether oxygens (including phenoxy) is 3. The van der Waals surface area contributed by atoms with Gasteiger partial charge in [-0.15, -0.1) is 0 Å². The summed E-state index contributed by atoms with van der Waals surface area (Å²) in [7, 11) is 0. The molecule has 11 nitrogen and oxygen atoms in total. The van der Waals surface area contributed by atoms with Crippen molar-refractivity contribution in [3.8, 4) is 11.5 Å². The first-order valence-electron chi connectivity index (χ1n) is 9.92. The zero-order valence-electron chi connectivity index (χ0n) is 16.8. The fraction of sp³-hybridized carbons (Fsp3) is 0.474. The van der Waals surface area contributed by atoms with Crippen molar-refractivity contribution in [2.75, 3.05) is 57.1 Å². The van der Waals surface area contributed by atoms with Gasteiger partial charge in [0.15, 0.2) is 11.5 Å². The molecule has 0 unspecified atom stereocenters. The second-order valence-electron chi connectivity index (χ2n) is 6.88. The lowest BCUT2D eigenvalue weighted by Crippen LogP contribution is -2.48. The zero-order chi connectivity index (χ0) is 20.9. The minimum absolute atomic E-state index is 0.144. The number of piperazine rings is 1. The lowest BCUT2D eigenvalue weighted by Gasteiger charge is -2.33. The Labute approximate surface area is 174 Å². The maximum absolute atomic E-state index is 11.8. The number of nitrogens with two attached hydrogens (primary N) is 1. The van der Waals surface area contributed by atoms with E-state index in [2.05, 4.69) is 25.2 Å². The van der Waals surface area contributed by atoms with Gasteiger partial charge in [-0.05, 0) is 19.1 Å². The van der Waals surface area contributed by atoms with Gasteiger partial charge in [0.1, 0.15) is 19.0 Å². The SMILES string of the molecule is CCOC(=O)N1CCN(Cc2nc(N)nc(Nc3ccc4c(c3)OCCO4)n2)CC1. The van der Waals surface area contributed by atoms with Gasteiger partial charge >= 0.3 is 6.09 Å². The Morgan fingerprint density at radius 2 is 1.90 bits per heavy atom. The highest BCUT2D eigenvalue weighted by Gasteiger charge is 2.22. The average molecular weight is 415 g/mol. The summed E-state index contributed by atoms with van der Waals surface area (Å²) in [6.07, 6.45) is -0.271. The Kier molecular flexibility index (Phi) is 5.98. The first-order valence-corrected chi connectivity index (χ1v) is 9.92. The van der Waals surface area contributed by atoms with Gasteiger partial charge in [-0.25, -0.2) is 4.79 Å². The van der Waals surface area contributed by atoms with Crippen LogP contribution in [0.2, 0.25) is 0 Å². The van der Waals surface area contributed by atoms with Crippen LogP contribution in [-0.4, -0.2) is 76.8 Å². The van der Waals surface area contributed by atoms with Gasteiger partial charge in [-0.3, -0.25) is 4.90 Å². The third-order valence-electron chi connectivity index (χ3n) is 4.76. The standard InChI is InChI=1S/C19H25N7O4/c1-2-28-19(27)26-7-5-25(6-8-26)12-16-22-17(20)24-18(23-16)21-13-3-4-14-15(11-13)30-10-9-29-14/h3-4,11H,2,5-10,12H2,1H3,(H3,20,21,22,23,24). The summed E-state index contributed by atoms with van der Waals surface area (Å²) in [6.45, 7) is 6.36. The van der Waals surface area contributed by atoms with Gasteiger partial charge < -0.3 is 30.2 Å². The molecule has 4 rings (SSSR count). The lowest BCUT2D eigenvalue weighted by atomic mass is 10.2. The summed E-state index contributed by atoms with van der Waals surface area (Å²) in [4.78, 5) is 28.6. The molecule has 160 valence electrons. The topological polar surface area (TPSA) is 128 Å². The number of nitrogens with one attached hydrogen (secondary N) is 1. The summed E-state index contributed by atoms with van der Waals surface area (Å²) in [5, 5.41) is 3.14. The van der Waals surface area contributed by atoms with Gasteiger partial charge in [-0.2, -0.15) is 15.0 Å². The molecule has 11 heteroatoms. The van der Waals surface area contributed by atoms with Crippen LogP contribution in [0.15, 0.2) is 18.2 Å². The molecule has 1 saturated heterocycles. The predicted octanol–water partition coefficient (Wildman–Crippen LogP) is 1.24. The number of carbonyl (C=O) groups is 1. The summed E-state index contributed by atoms with van der Waals surface area (Å²) in [5.41, 5.74) is 6.65. The van der Waals surface area contributed by atoms with Crippen molar-refractivity contribution in [3.05, 3.63) is 24.0 Å².